The summed E-state index contributed by atoms with van der Waals surface area (Å²) < 4.78 is 8.66. The maximum absolute atomic E-state index is 6.17. The Hall–Kier alpha value is -7.36. The summed E-state index contributed by atoms with van der Waals surface area (Å²) in [6, 6.07) is 53.0. The summed E-state index contributed by atoms with van der Waals surface area (Å²) >= 11 is 0. The molecule has 0 unspecified atom stereocenters. The van der Waals surface area contributed by atoms with E-state index in [4.69, 9.17) is 4.42 Å². The van der Waals surface area contributed by atoms with E-state index in [1.54, 1.807) is 0 Å². The monoisotopic (exact) mass is 746 g/mol. The highest BCUT2D eigenvalue weighted by atomic mass is 16.3. The van der Waals surface area contributed by atoms with Crippen LogP contribution in [-0.2, 0) is 0 Å². The topological polar surface area (TPSA) is 20.8 Å². The second-order valence-corrected chi connectivity index (χ2v) is 14.8. The van der Waals surface area contributed by atoms with Crippen LogP contribution in [0.5, 0.6) is 0 Å². The summed E-state index contributed by atoms with van der Waals surface area (Å²) in [5, 5.41) is 7.27. The molecule has 0 spiro atoms. The molecule has 3 aromatic heterocycles. The first kappa shape index (κ1) is 35.1. The van der Waals surface area contributed by atoms with Crippen LogP contribution in [0.2, 0.25) is 0 Å². The van der Waals surface area contributed by atoms with E-state index in [-0.39, 0.29) is 0 Å². The van der Waals surface area contributed by atoms with Crippen molar-refractivity contribution in [1.82, 2.24) is 4.40 Å². The summed E-state index contributed by atoms with van der Waals surface area (Å²) in [6.45, 7) is 10.3. The number of allylic oxidation sites excluding steroid dienone is 9. The van der Waals surface area contributed by atoms with Crippen LogP contribution < -0.4 is 4.90 Å². The van der Waals surface area contributed by atoms with Gasteiger partial charge in [-0.3, -0.25) is 0 Å². The molecule has 0 aliphatic carbocycles. The van der Waals surface area contributed by atoms with Crippen molar-refractivity contribution in [3.8, 4) is 11.1 Å². The van der Waals surface area contributed by atoms with Crippen molar-refractivity contribution >= 4 is 88.2 Å². The van der Waals surface area contributed by atoms with Crippen molar-refractivity contribution in [2.24, 2.45) is 0 Å². The Bertz CT molecular complexity index is 3330. The fourth-order valence-electron chi connectivity index (χ4n) is 8.93. The molecule has 0 bridgehead atoms. The number of aromatic nitrogens is 1. The number of fused-ring (bicyclic) bond motifs is 9. The van der Waals surface area contributed by atoms with Crippen molar-refractivity contribution in [3.63, 3.8) is 0 Å². The lowest BCUT2D eigenvalue weighted by atomic mass is 9.96. The highest BCUT2D eigenvalue weighted by Gasteiger charge is 2.24. The molecular formula is C55H42N2O. The molecule has 0 amide bonds. The summed E-state index contributed by atoms with van der Waals surface area (Å²) in [5.41, 5.74) is 15.5. The molecule has 3 nitrogen and oxygen atoms in total. The van der Waals surface area contributed by atoms with Crippen LogP contribution in [0.4, 0.5) is 17.1 Å². The Balaban J connectivity index is 1.25. The van der Waals surface area contributed by atoms with Gasteiger partial charge in [0, 0.05) is 43.7 Å². The quantitative estimate of drug-likeness (QED) is 0.137. The van der Waals surface area contributed by atoms with Gasteiger partial charge in [-0.05, 0) is 115 Å². The maximum atomic E-state index is 6.17. The lowest BCUT2D eigenvalue weighted by Crippen LogP contribution is -2.12. The van der Waals surface area contributed by atoms with E-state index in [0.29, 0.717) is 0 Å². The van der Waals surface area contributed by atoms with Crippen LogP contribution in [-0.4, -0.2) is 4.40 Å². The zero-order chi connectivity index (χ0) is 39.3. The second kappa shape index (κ2) is 14.3. The standard InChI is InChI=1S/C55H42N2O/c1-5-15-36(8-4)40-32-41(37(16-6-2)17-7-3)34-43(33-40)56(42-29-26-38(27-30-42)39-28-31-53-49(35-39)45-19-10-12-25-52(45)58-53)51-24-14-22-48-47-21-13-20-46-44-18-9-11-23-50(44)57(54(46)47)55(48)51/h5-35H,2H2,1,3-4H3/b15-5-,17-7-,36-8+,37-16+. The summed E-state index contributed by atoms with van der Waals surface area (Å²) in [4.78, 5) is 2.44. The zero-order valence-electron chi connectivity index (χ0n) is 32.9. The molecular weight excluding hydrogens is 705 g/mol. The van der Waals surface area contributed by atoms with Gasteiger partial charge in [0.25, 0.3) is 0 Å². The first-order valence-corrected chi connectivity index (χ1v) is 20.0. The molecule has 0 fully saturated rings. The van der Waals surface area contributed by atoms with E-state index in [1.807, 2.05) is 18.2 Å². The number of anilines is 3. The molecule has 10 aromatic rings. The fourth-order valence-corrected chi connectivity index (χ4v) is 8.93. The largest absolute Gasteiger partial charge is 0.456 e. The van der Waals surface area contributed by atoms with Gasteiger partial charge in [0.05, 0.1) is 22.2 Å². The number of hydrogen-bond donors (Lipinski definition) is 0. The summed E-state index contributed by atoms with van der Waals surface area (Å²) in [7, 11) is 0. The molecule has 0 radical (unpaired) electrons. The van der Waals surface area contributed by atoms with Gasteiger partial charge in [-0.1, -0.05) is 134 Å². The first-order chi connectivity index (χ1) is 28.6. The van der Waals surface area contributed by atoms with Gasteiger partial charge in [0.15, 0.2) is 0 Å². The van der Waals surface area contributed by atoms with Crippen LogP contribution in [0.3, 0.4) is 0 Å². The van der Waals surface area contributed by atoms with Gasteiger partial charge in [-0.25, -0.2) is 0 Å². The minimum absolute atomic E-state index is 0.898. The SMILES string of the molecule is C=C/C=C(\C=C/C)c1cc(C(/C=C\C)=C/C)cc(N(c2ccc(-c3ccc4oc5ccccc5c4c3)cc2)c2cccc3c4cccc5c6ccccc6n(c23)c54)c1. The van der Waals surface area contributed by atoms with Gasteiger partial charge < -0.3 is 13.7 Å². The molecule has 3 heterocycles. The van der Waals surface area contributed by atoms with Crippen LogP contribution >= 0.6 is 0 Å². The highest BCUT2D eigenvalue weighted by Crippen LogP contribution is 2.47. The third-order valence-corrected chi connectivity index (χ3v) is 11.4. The lowest BCUT2D eigenvalue weighted by molar-refractivity contribution is 0.669. The van der Waals surface area contributed by atoms with Crippen molar-refractivity contribution < 1.29 is 4.42 Å². The number of hydrogen-bond acceptors (Lipinski definition) is 2. The minimum atomic E-state index is 0.898. The maximum Gasteiger partial charge on any atom is 0.135 e. The smallest absolute Gasteiger partial charge is 0.135 e. The number of benzene rings is 7. The van der Waals surface area contributed by atoms with E-state index >= 15 is 0 Å². The molecule has 0 N–H and O–H groups in total. The average molecular weight is 747 g/mol. The van der Waals surface area contributed by atoms with Crippen LogP contribution in [0.1, 0.15) is 31.9 Å². The fraction of sp³-hybridized carbons (Fsp3) is 0.0545. The van der Waals surface area contributed by atoms with Gasteiger partial charge in [-0.15, -0.1) is 0 Å². The van der Waals surface area contributed by atoms with Crippen molar-refractivity contribution in [3.05, 3.63) is 206 Å². The zero-order valence-corrected chi connectivity index (χ0v) is 32.9. The number of para-hydroxylation sites is 4. The molecule has 0 aliphatic heterocycles. The van der Waals surface area contributed by atoms with Crippen molar-refractivity contribution in [2.75, 3.05) is 4.90 Å². The Morgan fingerprint density at radius 3 is 1.91 bits per heavy atom. The molecule has 58 heavy (non-hydrogen) atoms. The molecule has 7 aromatic carbocycles. The molecule has 278 valence electrons. The number of nitrogens with zero attached hydrogens (tertiary/aromatic N) is 2. The Kier molecular flexibility index (Phi) is 8.65. The predicted octanol–water partition coefficient (Wildman–Crippen LogP) is 16.0. The van der Waals surface area contributed by atoms with E-state index < -0.39 is 0 Å². The van der Waals surface area contributed by atoms with Crippen LogP contribution in [0.15, 0.2) is 199 Å². The van der Waals surface area contributed by atoms with Crippen LogP contribution in [0.25, 0.3) is 82.3 Å². The van der Waals surface area contributed by atoms with Crippen molar-refractivity contribution in [2.45, 2.75) is 20.8 Å². The third kappa shape index (κ3) is 5.58. The predicted molar refractivity (Wildman–Crippen MR) is 250 cm³/mol. The Morgan fingerprint density at radius 2 is 1.16 bits per heavy atom. The summed E-state index contributed by atoms with van der Waals surface area (Å²) in [6.07, 6.45) is 14.7. The van der Waals surface area contributed by atoms with E-state index in [0.717, 1.165) is 72.4 Å². The number of rotatable bonds is 9. The Labute approximate surface area is 338 Å². The van der Waals surface area contributed by atoms with Crippen molar-refractivity contribution in [1.29, 1.82) is 0 Å². The normalized spacial score (nSPS) is 12.9. The molecule has 0 atom stereocenters. The molecule has 10 rings (SSSR count). The van der Waals surface area contributed by atoms with Gasteiger partial charge in [0.1, 0.15) is 11.2 Å². The molecule has 0 saturated heterocycles. The summed E-state index contributed by atoms with van der Waals surface area (Å²) in [5.74, 6) is 0. The first-order valence-electron chi connectivity index (χ1n) is 20.0. The van der Waals surface area contributed by atoms with E-state index in [2.05, 4.69) is 207 Å². The number of furan rings is 1. The van der Waals surface area contributed by atoms with Crippen LogP contribution in [0, 0.1) is 0 Å². The highest BCUT2D eigenvalue weighted by molar-refractivity contribution is 6.25. The van der Waals surface area contributed by atoms with Gasteiger partial charge >= 0.3 is 0 Å². The average Bonchev–Trinajstić information content (AvgIpc) is 3.93. The Morgan fingerprint density at radius 1 is 0.534 bits per heavy atom. The molecule has 0 aliphatic rings. The third-order valence-electron chi connectivity index (χ3n) is 11.4. The molecule has 0 saturated carbocycles. The lowest BCUT2D eigenvalue weighted by Gasteiger charge is -2.28. The van der Waals surface area contributed by atoms with E-state index in [9.17, 15) is 0 Å². The minimum Gasteiger partial charge on any atom is -0.456 e. The van der Waals surface area contributed by atoms with Gasteiger partial charge in [-0.2, -0.15) is 0 Å². The second-order valence-electron chi connectivity index (χ2n) is 14.8. The van der Waals surface area contributed by atoms with E-state index in [1.165, 1.54) is 38.1 Å². The van der Waals surface area contributed by atoms with Gasteiger partial charge in [0.2, 0.25) is 0 Å². The molecule has 3 heteroatoms.